The Morgan fingerprint density at radius 1 is 1.24 bits per heavy atom. The Kier molecular flexibility index (Phi) is 5.06. The summed E-state index contributed by atoms with van der Waals surface area (Å²) in [5.74, 6) is 0.475. The second-order valence-electron chi connectivity index (χ2n) is 5.45. The van der Waals surface area contributed by atoms with Crippen molar-refractivity contribution in [3.05, 3.63) is 29.8 Å². The Bertz CT molecular complexity index is 678. The number of sulfone groups is 1. The van der Waals surface area contributed by atoms with E-state index in [0.29, 0.717) is 12.8 Å². The zero-order valence-corrected chi connectivity index (χ0v) is 13.7. The average molecular weight is 331 g/mol. The van der Waals surface area contributed by atoms with E-state index in [1.54, 1.807) is 24.3 Å². The number of hydrogen-bond donors (Lipinski definition) is 1. The lowest BCUT2D eigenvalue weighted by atomic mass is 10.1. The first kappa shape index (κ1) is 16.5. The Morgan fingerprint density at radius 2 is 1.90 bits per heavy atom. The molecule has 1 aromatic carbocycles. The van der Waals surface area contributed by atoms with Gasteiger partial charge in [0.05, 0.1) is 16.4 Å². The molecule has 1 N–H and O–H groups in total. The molecule has 7 heteroatoms. The first-order valence-corrected chi connectivity index (χ1v) is 10.4. The molecule has 21 heavy (non-hydrogen) atoms. The zero-order chi connectivity index (χ0) is 15.5. The Morgan fingerprint density at radius 3 is 2.43 bits per heavy atom. The molecule has 1 aliphatic heterocycles. The van der Waals surface area contributed by atoms with Crippen molar-refractivity contribution in [2.24, 2.45) is 5.92 Å². The van der Waals surface area contributed by atoms with Crippen molar-refractivity contribution < 1.29 is 16.8 Å². The van der Waals surface area contributed by atoms with E-state index in [2.05, 4.69) is 4.72 Å². The molecule has 5 nitrogen and oxygen atoms in total. The van der Waals surface area contributed by atoms with Crippen LogP contribution in [0.15, 0.2) is 29.2 Å². The minimum atomic E-state index is -3.51. The van der Waals surface area contributed by atoms with E-state index in [1.165, 1.54) is 0 Å². The maximum Gasteiger partial charge on any atom is 0.240 e. The fraction of sp³-hybridized carbons (Fsp3) is 0.571. The lowest BCUT2D eigenvalue weighted by Crippen LogP contribution is -2.26. The van der Waals surface area contributed by atoms with E-state index < -0.39 is 19.9 Å². The van der Waals surface area contributed by atoms with Crippen LogP contribution in [0.2, 0.25) is 0 Å². The summed E-state index contributed by atoms with van der Waals surface area (Å²) in [4.78, 5) is 0.249. The zero-order valence-electron chi connectivity index (χ0n) is 12.1. The third-order valence-corrected chi connectivity index (χ3v) is 7.13. The monoisotopic (exact) mass is 331 g/mol. The smallest absolute Gasteiger partial charge is 0.229 e. The molecule has 0 aliphatic carbocycles. The summed E-state index contributed by atoms with van der Waals surface area (Å²) in [6, 6.07) is 6.80. The molecular weight excluding hydrogens is 310 g/mol. The minimum Gasteiger partial charge on any atom is -0.229 e. The molecule has 0 saturated carbocycles. The molecule has 1 saturated heterocycles. The van der Waals surface area contributed by atoms with Crippen molar-refractivity contribution in [2.75, 3.05) is 18.1 Å². The van der Waals surface area contributed by atoms with E-state index in [-0.39, 0.29) is 28.9 Å². The van der Waals surface area contributed by atoms with E-state index in [4.69, 9.17) is 0 Å². The highest BCUT2D eigenvalue weighted by Gasteiger charge is 2.27. The van der Waals surface area contributed by atoms with Crippen LogP contribution in [-0.4, -0.2) is 34.9 Å². The molecule has 0 amide bonds. The van der Waals surface area contributed by atoms with Gasteiger partial charge >= 0.3 is 0 Å². The average Bonchev–Trinajstić information content (AvgIpc) is 2.78. The molecule has 1 unspecified atom stereocenters. The van der Waals surface area contributed by atoms with Gasteiger partial charge in [-0.2, -0.15) is 0 Å². The molecule has 1 heterocycles. The largest absolute Gasteiger partial charge is 0.240 e. The SMILES string of the molecule is CCc1ccc(S(=O)(=O)NCCC2CCS(=O)(=O)C2)cc1. The maximum atomic E-state index is 12.1. The highest BCUT2D eigenvalue weighted by molar-refractivity contribution is 7.91. The van der Waals surface area contributed by atoms with Crippen LogP contribution >= 0.6 is 0 Å². The van der Waals surface area contributed by atoms with Crippen LogP contribution in [0.1, 0.15) is 25.3 Å². The highest BCUT2D eigenvalue weighted by atomic mass is 32.2. The first-order valence-electron chi connectivity index (χ1n) is 7.11. The third-order valence-electron chi connectivity index (χ3n) is 3.81. The Balaban J connectivity index is 1.89. The van der Waals surface area contributed by atoms with Gasteiger partial charge in [-0.3, -0.25) is 0 Å². The van der Waals surface area contributed by atoms with Crippen molar-refractivity contribution in [2.45, 2.75) is 31.1 Å². The number of nitrogens with one attached hydrogen (secondary N) is 1. The van der Waals surface area contributed by atoms with Gasteiger partial charge in [0.25, 0.3) is 0 Å². The molecule has 118 valence electrons. The maximum absolute atomic E-state index is 12.1. The molecule has 1 atom stereocenters. The molecule has 1 aliphatic rings. The summed E-state index contributed by atoms with van der Waals surface area (Å²) in [5.41, 5.74) is 1.09. The van der Waals surface area contributed by atoms with Crippen molar-refractivity contribution in [3.63, 3.8) is 0 Å². The number of benzene rings is 1. The molecule has 0 bridgehead atoms. The lowest BCUT2D eigenvalue weighted by molar-refractivity contribution is 0.527. The van der Waals surface area contributed by atoms with Gasteiger partial charge in [-0.1, -0.05) is 19.1 Å². The topological polar surface area (TPSA) is 80.3 Å². The molecule has 0 radical (unpaired) electrons. The highest BCUT2D eigenvalue weighted by Crippen LogP contribution is 2.21. The fourth-order valence-electron chi connectivity index (χ4n) is 2.48. The molecule has 0 aromatic heterocycles. The minimum absolute atomic E-state index is 0.0696. The normalized spacial score (nSPS) is 21.5. The van der Waals surface area contributed by atoms with E-state index >= 15 is 0 Å². The van der Waals surface area contributed by atoms with Gasteiger partial charge in [-0.05, 0) is 42.9 Å². The van der Waals surface area contributed by atoms with Crippen LogP contribution in [0.3, 0.4) is 0 Å². The van der Waals surface area contributed by atoms with Crippen molar-refractivity contribution in [1.29, 1.82) is 0 Å². The number of rotatable bonds is 6. The van der Waals surface area contributed by atoms with E-state index in [9.17, 15) is 16.8 Å². The summed E-state index contributed by atoms with van der Waals surface area (Å²) >= 11 is 0. The van der Waals surface area contributed by atoms with Crippen LogP contribution in [0, 0.1) is 5.92 Å². The molecular formula is C14H21NO4S2. The van der Waals surface area contributed by atoms with Gasteiger partial charge in [0, 0.05) is 6.54 Å². The van der Waals surface area contributed by atoms with Crippen molar-refractivity contribution >= 4 is 19.9 Å². The molecule has 1 fully saturated rings. The predicted molar refractivity (Wildman–Crippen MR) is 82.4 cm³/mol. The number of hydrogen-bond acceptors (Lipinski definition) is 4. The van der Waals surface area contributed by atoms with Gasteiger partial charge < -0.3 is 0 Å². The lowest BCUT2D eigenvalue weighted by Gasteiger charge is -2.10. The molecule has 1 aromatic rings. The summed E-state index contributed by atoms with van der Waals surface area (Å²) in [7, 11) is -6.40. The Labute approximate surface area is 126 Å². The van der Waals surface area contributed by atoms with Crippen molar-refractivity contribution in [3.8, 4) is 0 Å². The molecule has 0 spiro atoms. The predicted octanol–water partition coefficient (Wildman–Crippen LogP) is 1.35. The van der Waals surface area contributed by atoms with Gasteiger partial charge in [0.15, 0.2) is 9.84 Å². The van der Waals surface area contributed by atoms with E-state index in [1.807, 2.05) is 6.92 Å². The van der Waals surface area contributed by atoms with Gasteiger partial charge in [-0.15, -0.1) is 0 Å². The van der Waals surface area contributed by atoms with Crippen LogP contribution in [0.5, 0.6) is 0 Å². The van der Waals surface area contributed by atoms with Gasteiger partial charge in [0.1, 0.15) is 0 Å². The first-order chi connectivity index (χ1) is 9.82. The molecule has 2 rings (SSSR count). The second kappa shape index (κ2) is 6.46. The quantitative estimate of drug-likeness (QED) is 0.853. The Hall–Kier alpha value is -0.920. The van der Waals surface area contributed by atoms with Crippen molar-refractivity contribution in [1.82, 2.24) is 4.72 Å². The number of aryl methyl sites for hydroxylation is 1. The summed E-state index contributed by atoms with van der Waals surface area (Å²) in [6.45, 7) is 2.29. The van der Waals surface area contributed by atoms with Gasteiger partial charge in [0.2, 0.25) is 10.0 Å². The van der Waals surface area contributed by atoms with Crippen LogP contribution in [0.25, 0.3) is 0 Å². The summed E-state index contributed by atoms with van der Waals surface area (Å²) in [5, 5.41) is 0. The van der Waals surface area contributed by atoms with Crippen LogP contribution in [0.4, 0.5) is 0 Å². The number of sulfonamides is 1. The van der Waals surface area contributed by atoms with Gasteiger partial charge in [-0.25, -0.2) is 21.6 Å². The van der Waals surface area contributed by atoms with E-state index in [0.717, 1.165) is 12.0 Å². The standard InChI is InChI=1S/C14H21NO4S2/c1-2-12-3-5-14(6-4-12)21(18,19)15-9-7-13-8-10-20(16,17)11-13/h3-6,13,15H,2,7-11H2,1H3. The van der Waals surface area contributed by atoms with Crippen LogP contribution in [-0.2, 0) is 26.3 Å². The fourth-order valence-corrected chi connectivity index (χ4v) is 5.44. The summed E-state index contributed by atoms with van der Waals surface area (Å²) in [6.07, 6.45) is 2.06. The summed E-state index contributed by atoms with van der Waals surface area (Å²) < 4.78 is 49.4. The second-order valence-corrected chi connectivity index (χ2v) is 9.45. The third kappa shape index (κ3) is 4.52. The van der Waals surface area contributed by atoms with Crippen LogP contribution < -0.4 is 4.72 Å².